The van der Waals surface area contributed by atoms with Crippen molar-refractivity contribution < 1.29 is 4.79 Å². The summed E-state index contributed by atoms with van der Waals surface area (Å²) in [5, 5.41) is 3.63. The first-order chi connectivity index (χ1) is 8.15. The molecular formula is C14H26N2O. The van der Waals surface area contributed by atoms with E-state index < -0.39 is 0 Å². The van der Waals surface area contributed by atoms with E-state index in [1.165, 1.54) is 25.7 Å². The molecule has 3 heteroatoms. The second-order valence-electron chi connectivity index (χ2n) is 5.94. The van der Waals surface area contributed by atoms with E-state index >= 15 is 0 Å². The molecule has 0 radical (unpaired) electrons. The van der Waals surface area contributed by atoms with Gasteiger partial charge in [-0.2, -0.15) is 0 Å². The van der Waals surface area contributed by atoms with Crippen molar-refractivity contribution in [3.63, 3.8) is 0 Å². The van der Waals surface area contributed by atoms with Gasteiger partial charge in [-0.15, -0.1) is 0 Å². The molecule has 1 aliphatic heterocycles. The number of nitrogens with one attached hydrogen (secondary N) is 1. The fourth-order valence-electron chi connectivity index (χ4n) is 3.06. The molecule has 1 aliphatic carbocycles. The number of nitrogens with zero attached hydrogens (tertiary/aromatic N) is 1. The largest absolute Gasteiger partial charge is 0.341 e. The summed E-state index contributed by atoms with van der Waals surface area (Å²) >= 11 is 0. The lowest BCUT2D eigenvalue weighted by Crippen LogP contribution is -2.44. The van der Waals surface area contributed by atoms with Crippen molar-refractivity contribution >= 4 is 5.91 Å². The van der Waals surface area contributed by atoms with Crippen LogP contribution >= 0.6 is 0 Å². The zero-order valence-electron chi connectivity index (χ0n) is 11.2. The van der Waals surface area contributed by atoms with Crippen LogP contribution in [-0.2, 0) is 4.79 Å². The highest BCUT2D eigenvalue weighted by Crippen LogP contribution is 2.30. The van der Waals surface area contributed by atoms with Gasteiger partial charge in [-0.1, -0.05) is 19.3 Å². The van der Waals surface area contributed by atoms with Crippen LogP contribution < -0.4 is 5.32 Å². The van der Waals surface area contributed by atoms with Crippen LogP contribution in [0.25, 0.3) is 0 Å². The van der Waals surface area contributed by atoms with E-state index in [9.17, 15) is 4.79 Å². The Morgan fingerprint density at radius 1 is 1.29 bits per heavy atom. The van der Waals surface area contributed by atoms with Crippen LogP contribution in [0, 0.1) is 5.92 Å². The molecule has 0 aromatic rings. The molecule has 0 aromatic heterocycles. The van der Waals surface area contributed by atoms with Crippen molar-refractivity contribution in [1.82, 2.24) is 10.2 Å². The van der Waals surface area contributed by atoms with Crippen LogP contribution in [0.2, 0.25) is 0 Å². The maximum absolute atomic E-state index is 11.5. The summed E-state index contributed by atoms with van der Waals surface area (Å²) in [4.78, 5) is 13.5. The lowest BCUT2D eigenvalue weighted by molar-refractivity contribution is -0.128. The van der Waals surface area contributed by atoms with Gasteiger partial charge in [-0.3, -0.25) is 4.79 Å². The zero-order chi connectivity index (χ0) is 12.3. The SMILES string of the molecule is CC(CC1CCC1)NC(C)CN1CCCC1=O. The highest BCUT2D eigenvalue weighted by molar-refractivity contribution is 5.78. The van der Waals surface area contributed by atoms with Crippen molar-refractivity contribution in [3.05, 3.63) is 0 Å². The number of rotatable bonds is 6. The van der Waals surface area contributed by atoms with Crippen LogP contribution in [0.1, 0.15) is 52.4 Å². The first kappa shape index (κ1) is 12.9. The van der Waals surface area contributed by atoms with Crippen LogP contribution in [0.4, 0.5) is 0 Å². The smallest absolute Gasteiger partial charge is 0.222 e. The molecule has 1 heterocycles. The van der Waals surface area contributed by atoms with Gasteiger partial charge in [-0.25, -0.2) is 0 Å². The predicted octanol–water partition coefficient (Wildman–Crippen LogP) is 2.17. The van der Waals surface area contributed by atoms with Crippen molar-refractivity contribution in [2.24, 2.45) is 5.92 Å². The van der Waals surface area contributed by atoms with E-state index in [4.69, 9.17) is 0 Å². The Hall–Kier alpha value is -0.570. The third kappa shape index (κ3) is 3.70. The molecule has 3 nitrogen and oxygen atoms in total. The number of hydrogen-bond donors (Lipinski definition) is 1. The third-order valence-corrected chi connectivity index (χ3v) is 4.15. The van der Waals surface area contributed by atoms with Gasteiger partial charge in [0.25, 0.3) is 0 Å². The van der Waals surface area contributed by atoms with Gasteiger partial charge in [-0.05, 0) is 32.6 Å². The predicted molar refractivity (Wildman–Crippen MR) is 69.8 cm³/mol. The fourth-order valence-corrected chi connectivity index (χ4v) is 3.06. The highest BCUT2D eigenvalue weighted by Gasteiger charge is 2.24. The van der Waals surface area contributed by atoms with Gasteiger partial charge in [0.1, 0.15) is 0 Å². The molecule has 1 saturated carbocycles. The van der Waals surface area contributed by atoms with Crippen LogP contribution in [0.5, 0.6) is 0 Å². The molecule has 1 N–H and O–H groups in total. The van der Waals surface area contributed by atoms with Gasteiger partial charge in [0, 0.05) is 31.6 Å². The molecule has 2 aliphatic rings. The second kappa shape index (κ2) is 5.85. The molecule has 1 saturated heterocycles. The normalized spacial score (nSPS) is 24.8. The van der Waals surface area contributed by atoms with Gasteiger partial charge in [0.15, 0.2) is 0 Å². The minimum Gasteiger partial charge on any atom is -0.341 e. The lowest BCUT2D eigenvalue weighted by atomic mass is 9.81. The van der Waals surface area contributed by atoms with Gasteiger partial charge in [0.05, 0.1) is 0 Å². The van der Waals surface area contributed by atoms with E-state index in [1.807, 2.05) is 4.90 Å². The lowest BCUT2D eigenvalue weighted by Gasteiger charge is -2.31. The monoisotopic (exact) mass is 238 g/mol. The van der Waals surface area contributed by atoms with Crippen molar-refractivity contribution in [3.8, 4) is 0 Å². The Kier molecular flexibility index (Phi) is 4.43. The molecule has 1 amide bonds. The molecule has 2 unspecified atom stereocenters. The molecule has 0 bridgehead atoms. The summed E-state index contributed by atoms with van der Waals surface area (Å²) in [5.41, 5.74) is 0. The average molecular weight is 238 g/mol. The summed E-state index contributed by atoms with van der Waals surface area (Å²) < 4.78 is 0. The van der Waals surface area contributed by atoms with Crippen molar-refractivity contribution in [2.45, 2.75) is 64.5 Å². The Labute approximate surface area is 105 Å². The van der Waals surface area contributed by atoms with E-state index in [0.29, 0.717) is 18.0 Å². The summed E-state index contributed by atoms with van der Waals surface area (Å²) in [7, 11) is 0. The van der Waals surface area contributed by atoms with E-state index in [0.717, 1.165) is 31.8 Å². The summed E-state index contributed by atoms with van der Waals surface area (Å²) in [6, 6.07) is 1.01. The Balaban J connectivity index is 1.65. The molecule has 0 aromatic carbocycles. The third-order valence-electron chi connectivity index (χ3n) is 4.15. The summed E-state index contributed by atoms with van der Waals surface area (Å²) in [6.07, 6.45) is 7.37. The van der Waals surface area contributed by atoms with Gasteiger partial charge < -0.3 is 10.2 Å². The Bertz CT molecular complexity index is 263. The van der Waals surface area contributed by atoms with E-state index in [1.54, 1.807) is 0 Å². The number of hydrogen-bond acceptors (Lipinski definition) is 2. The van der Waals surface area contributed by atoms with E-state index in [-0.39, 0.29) is 0 Å². The second-order valence-corrected chi connectivity index (χ2v) is 5.94. The molecule has 2 rings (SSSR count). The molecule has 0 spiro atoms. The van der Waals surface area contributed by atoms with Crippen LogP contribution in [-0.4, -0.2) is 36.0 Å². The molecule has 2 atom stereocenters. The van der Waals surface area contributed by atoms with Gasteiger partial charge in [0.2, 0.25) is 5.91 Å². The van der Waals surface area contributed by atoms with Crippen molar-refractivity contribution in [2.75, 3.05) is 13.1 Å². The molecule has 98 valence electrons. The average Bonchev–Trinajstić information content (AvgIpc) is 2.58. The zero-order valence-corrected chi connectivity index (χ0v) is 11.2. The minimum atomic E-state index is 0.338. The molecule has 2 fully saturated rings. The summed E-state index contributed by atoms with van der Waals surface area (Å²) in [6.45, 7) is 6.32. The van der Waals surface area contributed by atoms with Gasteiger partial charge >= 0.3 is 0 Å². The standard InChI is InChI=1S/C14H26N2O/c1-11(9-13-5-3-6-13)15-12(2)10-16-8-4-7-14(16)17/h11-13,15H,3-10H2,1-2H3. The fraction of sp³-hybridized carbons (Fsp3) is 0.929. The number of amides is 1. The Morgan fingerprint density at radius 3 is 2.59 bits per heavy atom. The highest BCUT2D eigenvalue weighted by atomic mass is 16.2. The minimum absolute atomic E-state index is 0.338. The first-order valence-corrected chi connectivity index (χ1v) is 7.19. The first-order valence-electron chi connectivity index (χ1n) is 7.19. The Morgan fingerprint density at radius 2 is 2.06 bits per heavy atom. The van der Waals surface area contributed by atoms with Crippen molar-refractivity contribution in [1.29, 1.82) is 0 Å². The quantitative estimate of drug-likeness (QED) is 0.769. The number of likely N-dealkylation sites (tertiary alicyclic amines) is 1. The maximum Gasteiger partial charge on any atom is 0.222 e. The van der Waals surface area contributed by atoms with Crippen LogP contribution in [0.15, 0.2) is 0 Å². The molecule has 17 heavy (non-hydrogen) atoms. The van der Waals surface area contributed by atoms with Crippen LogP contribution in [0.3, 0.4) is 0 Å². The summed E-state index contributed by atoms with van der Waals surface area (Å²) in [5.74, 6) is 1.29. The topological polar surface area (TPSA) is 32.3 Å². The maximum atomic E-state index is 11.5. The molecular weight excluding hydrogens is 212 g/mol. The number of carbonyl (C=O) groups is 1. The number of carbonyl (C=O) groups excluding carboxylic acids is 1. The van der Waals surface area contributed by atoms with E-state index in [2.05, 4.69) is 19.2 Å².